The molecule has 4 nitrogen and oxygen atoms in total. The van der Waals surface area contributed by atoms with Gasteiger partial charge in [-0.15, -0.1) is 6.42 Å². The van der Waals surface area contributed by atoms with Gasteiger partial charge in [0.15, 0.2) is 0 Å². The number of carbonyl (C=O) groups is 1. The summed E-state index contributed by atoms with van der Waals surface area (Å²) in [6.07, 6.45) is 4.79. The number of anilines is 1. The Morgan fingerprint density at radius 2 is 1.64 bits per heavy atom. The number of amides is 1. The SMILES string of the molecule is C#Cc1cccc(NC(=O)OCC2c3ccccc3-c3ccccc32)c1C#N. The predicted molar refractivity (Wildman–Crippen MR) is 108 cm³/mol. The van der Waals surface area contributed by atoms with Gasteiger partial charge in [-0.25, -0.2) is 4.79 Å². The number of hydrogen-bond donors (Lipinski definition) is 1. The van der Waals surface area contributed by atoms with Crippen molar-refractivity contribution >= 4 is 11.8 Å². The van der Waals surface area contributed by atoms with Crippen LogP contribution < -0.4 is 5.32 Å². The molecule has 3 aromatic rings. The number of fused-ring (bicyclic) bond motifs is 3. The summed E-state index contributed by atoms with van der Waals surface area (Å²) in [6.45, 7) is 0.205. The minimum absolute atomic E-state index is 0.0226. The number of benzene rings is 3. The summed E-state index contributed by atoms with van der Waals surface area (Å²) in [6, 6.07) is 23.3. The molecule has 134 valence electrons. The smallest absolute Gasteiger partial charge is 0.411 e. The highest BCUT2D eigenvalue weighted by molar-refractivity contribution is 5.87. The van der Waals surface area contributed by atoms with E-state index < -0.39 is 6.09 Å². The molecule has 1 aliphatic carbocycles. The monoisotopic (exact) mass is 364 g/mol. The minimum Gasteiger partial charge on any atom is -0.448 e. The van der Waals surface area contributed by atoms with E-state index in [4.69, 9.17) is 11.2 Å². The second kappa shape index (κ2) is 7.31. The van der Waals surface area contributed by atoms with E-state index in [1.165, 1.54) is 11.1 Å². The van der Waals surface area contributed by atoms with Crippen LogP contribution in [0.25, 0.3) is 11.1 Å². The van der Waals surface area contributed by atoms with Gasteiger partial charge in [-0.2, -0.15) is 5.26 Å². The van der Waals surface area contributed by atoms with Crippen LogP contribution in [-0.4, -0.2) is 12.7 Å². The van der Waals surface area contributed by atoms with E-state index in [0.29, 0.717) is 11.3 Å². The lowest BCUT2D eigenvalue weighted by molar-refractivity contribution is 0.158. The Balaban J connectivity index is 1.53. The molecule has 0 bridgehead atoms. The van der Waals surface area contributed by atoms with Crippen LogP contribution in [0.5, 0.6) is 0 Å². The van der Waals surface area contributed by atoms with Crippen LogP contribution in [0, 0.1) is 23.7 Å². The Labute approximate surface area is 163 Å². The van der Waals surface area contributed by atoms with Gasteiger partial charge in [0.05, 0.1) is 11.3 Å². The Morgan fingerprint density at radius 1 is 1.00 bits per heavy atom. The third kappa shape index (κ3) is 2.98. The van der Waals surface area contributed by atoms with Gasteiger partial charge in [0.1, 0.15) is 12.7 Å². The molecule has 1 aliphatic rings. The Kier molecular flexibility index (Phi) is 4.54. The zero-order chi connectivity index (χ0) is 19.5. The lowest BCUT2D eigenvalue weighted by Crippen LogP contribution is -2.18. The van der Waals surface area contributed by atoms with Crippen molar-refractivity contribution in [1.82, 2.24) is 0 Å². The van der Waals surface area contributed by atoms with Crippen LogP contribution in [0.2, 0.25) is 0 Å². The zero-order valence-corrected chi connectivity index (χ0v) is 15.0. The lowest BCUT2D eigenvalue weighted by Gasteiger charge is -2.15. The maximum absolute atomic E-state index is 12.4. The highest BCUT2D eigenvalue weighted by atomic mass is 16.5. The van der Waals surface area contributed by atoms with E-state index in [0.717, 1.165) is 11.1 Å². The van der Waals surface area contributed by atoms with E-state index in [1.54, 1.807) is 18.2 Å². The molecule has 1 amide bonds. The molecule has 4 rings (SSSR count). The fourth-order valence-electron chi connectivity index (χ4n) is 3.64. The first-order valence-electron chi connectivity index (χ1n) is 8.84. The molecular weight excluding hydrogens is 348 g/mol. The van der Waals surface area contributed by atoms with Gasteiger partial charge in [-0.1, -0.05) is 60.5 Å². The molecule has 4 heteroatoms. The van der Waals surface area contributed by atoms with Crippen LogP contribution in [0.1, 0.15) is 28.2 Å². The topological polar surface area (TPSA) is 62.1 Å². The van der Waals surface area contributed by atoms with E-state index in [-0.39, 0.29) is 18.1 Å². The van der Waals surface area contributed by atoms with Gasteiger partial charge in [0.25, 0.3) is 0 Å². The van der Waals surface area contributed by atoms with E-state index >= 15 is 0 Å². The Morgan fingerprint density at radius 3 is 2.25 bits per heavy atom. The van der Waals surface area contributed by atoms with E-state index in [1.807, 2.05) is 30.3 Å². The van der Waals surface area contributed by atoms with Crippen molar-refractivity contribution < 1.29 is 9.53 Å². The number of rotatable bonds is 3. The fraction of sp³-hybridized carbons (Fsp3) is 0.0833. The number of nitrogens with one attached hydrogen (secondary N) is 1. The minimum atomic E-state index is -0.618. The Hall–Kier alpha value is -4.02. The number of ether oxygens (including phenoxy) is 1. The van der Waals surface area contributed by atoms with Gasteiger partial charge in [-0.3, -0.25) is 5.32 Å². The molecule has 0 radical (unpaired) electrons. The molecule has 28 heavy (non-hydrogen) atoms. The van der Waals surface area contributed by atoms with Gasteiger partial charge in [0, 0.05) is 11.5 Å². The van der Waals surface area contributed by atoms with Crippen molar-refractivity contribution in [3.05, 3.63) is 89.0 Å². The van der Waals surface area contributed by atoms with Crippen molar-refractivity contribution in [3.63, 3.8) is 0 Å². The highest BCUT2D eigenvalue weighted by Gasteiger charge is 2.29. The highest BCUT2D eigenvalue weighted by Crippen LogP contribution is 2.44. The van der Waals surface area contributed by atoms with Crippen molar-refractivity contribution in [2.24, 2.45) is 0 Å². The normalized spacial score (nSPS) is 11.6. The fourth-order valence-corrected chi connectivity index (χ4v) is 3.64. The first-order valence-corrected chi connectivity index (χ1v) is 8.84. The zero-order valence-electron chi connectivity index (χ0n) is 15.0. The summed E-state index contributed by atoms with van der Waals surface area (Å²) in [5.41, 5.74) is 5.64. The summed E-state index contributed by atoms with van der Waals surface area (Å²) in [4.78, 5) is 12.4. The first kappa shape index (κ1) is 17.4. The molecule has 0 saturated heterocycles. The molecule has 0 spiro atoms. The van der Waals surface area contributed by atoms with Crippen molar-refractivity contribution in [1.29, 1.82) is 5.26 Å². The molecule has 0 unspecified atom stereocenters. The van der Waals surface area contributed by atoms with Gasteiger partial charge in [0.2, 0.25) is 0 Å². The van der Waals surface area contributed by atoms with E-state index in [2.05, 4.69) is 35.5 Å². The first-order chi connectivity index (χ1) is 13.7. The van der Waals surface area contributed by atoms with Gasteiger partial charge < -0.3 is 4.74 Å². The Bertz CT molecular complexity index is 1110. The number of terminal acetylenes is 1. The number of nitriles is 1. The lowest BCUT2D eigenvalue weighted by atomic mass is 9.98. The third-order valence-corrected chi connectivity index (χ3v) is 4.91. The molecule has 0 saturated carbocycles. The number of nitrogens with zero attached hydrogens (tertiary/aromatic N) is 1. The third-order valence-electron chi connectivity index (χ3n) is 4.91. The molecule has 0 aliphatic heterocycles. The van der Waals surface area contributed by atoms with Crippen molar-refractivity contribution in [2.45, 2.75) is 5.92 Å². The van der Waals surface area contributed by atoms with Crippen LogP contribution in [-0.2, 0) is 4.74 Å². The number of carbonyl (C=O) groups excluding carboxylic acids is 1. The molecule has 3 aromatic carbocycles. The number of hydrogen-bond acceptors (Lipinski definition) is 3. The molecule has 0 fully saturated rings. The largest absolute Gasteiger partial charge is 0.448 e. The van der Waals surface area contributed by atoms with Gasteiger partial charge >= 0.3 is 6.09 Å². The summed E-state index contributed by atoms with van der Waals surface area (Å²) in [5.74, 6) is 2.42. The van der Waals surface area contributed by atoms with Gasteiger partial charge in [-0.05, 0) is 34.4 Å². The summed E-state index contributed by atoms with van der Waals surface area (Å²) >= 11 is 0. The summed E-state index contributed by atoms with van der Waals surface area (Å²) in [7, 11) is 0. The van der Waals surface area contributed by atoms with Crippen molar-refractivity contribution in [3.8, 4) is 29.5 Å². The summed E-state index contributed by atoms with van der Waals surface area (Å²) < 4.78 is 5.51. The van der Waals surface area contributed by atoms with E-state index in [9.17, 15) is 10.1 Å². The average molecular weight is 364 g/mol. The molecular formula is C24H16N2O2. The second-order valence-electron chi connectivity index (χ2n) is 6.43. The molecule has 0 heterocycles. The molecule has 1 N–H and O–H groups in total. The van der Waals surface area contributed by atoms with Crippen LogP contribution in [0.15, 0.2) is 66.7 Å². The van der Waals surface area contributed by atoms with Crippen LogP contribution in [0.3, 0.4) is 0 Å². The van der Waals surface area contributed by atoms with Crippen molar-refractivity contribution in [2.75, 3.05) is 11.9 Å². The van der Waals surface area contributed by atoms with Crippen LogP contribution >= 0.6 is 0 Å². The predicted octanol–water partition coefficient (Wildman–Crippen LogP) is 4.90. The summed E-state index contributed by atoms with van der Waals surface area (Å²) in [5, 5.41) is 12.0. The maximum atomic E-state index is 12.4. The average Bonchev–Trinajstić information content (AvgIpc) is 3.06. The maximum Gasteiger partial charge on any atom is 0.411 e. The second-order valence-corrected chi connectivity index (χ2v) is 6.43. The van der Waals surface area contributed by atoms with Crippen LogP contribution in [0.4, 0.5) is 10.5 Å². The quantitative estimate of drug-likeness (QED) is 0.672. The molecule has 0 aromatic heterocycles. The standard InChI is InChI=1S/C24H16N2O2/c1-2-16-8-7-13-23(21(16)14-25)26-24(27)28-15-22-19-11-5-3-9-17(19)18-10-4-6-12-20(18)22/h1,3-13,22H,15H2,(H,26,27). The molecule has 0 atom stereocenters.